The van der Waals surface area contributed by atoms with Crippen molar-refractivity contribution >= 4 is 5.78 Å². The van der Waals surface area contributed by atoms with E-state index in [2.05, 4.69) is 0 Å². The zero-order valence-electron chi connectivity index (χ0n) is 11.1. The molecule has 18 heavy (non-hydrogen) atoms. The normalized spacial score (nSPS) is 18.0. The summed E-state index contributed by atoms with van der Waals surface area (Å²) < 4.78 is 5.56. The van der Waals surface area contributed by atoms with Gasteiger partial charge in [-0.2, -0.15) is 0 Å². The van der Waals surface area contributed by atoms with E-state index in [1.165, 1.54) is 0 Å². The van der Waals surface area contributed by atoms with Gasteiger partial charge in [0.2, 0.25) is 0 Å². The highest BCUT2D eigenvalue weighted by Crippen LogP contribution is 2.30. The number of benzene rings is 1. The summed E-state index contributed by atoms with van der Waals surface area (Å²) in [5, 5.41) is 0. The van der Waals surface area contributed by atoms with Crippen molar-refractivity contribution in [2.45, 2.75) is 51.2 Å². The number of carbonyl (C=O) groups excluding carboxylic acids is 1. The highest BCUT2D eigenvalue weighted by Gasteiger charge is 2.37. The molecule has 0 spiro atoms. The summed E-state index contributed by atoms with van der Waals surface area (Å²) >= 11 is 0. The molecular weight excluding hydrogens is 226 g/mol. The number of rotatable bonds is 4. The van der Waals surface area contributed by atoms with Crippen molar-refractivity contribution in [2.24, 2.45) is 5.73 Å². The van der Waals surface area contributed by atoms with Crippen LogP contribution in [0, 0.1) is 0 Å². The van der Waals surface area contributed by atoms with E-state index in [9.17, 15) is 4.79 Å². The molecule has 0 saturated heterocycles. The second-order valence-electron chi connectivity index (χ2n) is 5.38. The first kappa shape index (κ1) is 13.1. The SMILES string of the molecule is CC(C)Oc1ccc(C(=O)C2(N)CCCC2)cc1. The molecule has 0 aromatic heterocycles. The first-order chi connectivity index (χ1) is 8.51. The van der Waals surface area contributed by atoms with Gasteiger partial charge >= 0.3 is 0 Å². The zero-order chi connectivity index (χ0) is 13.2. The van der Waals surface area contributed by atoms with Crippen LogP contribution in [0.2, 0.25) is 0 Å². The molecule has 0 radical (unpaired) electrons. The highest BCUT2D eigenvalue weighted by molar-refractivity contribution is 6.03. The number of ketones is 1. The van der Waals surface area contributed by atoms with Crippen LogP contribution in [0.1, 0.15) is 49.9 Å². The maximum atomic E-state index is 12.3. The topological polar surface area (TPSA) is 52.3 Å². The van der Waals surface area contributed by atoms with Gasteiger partial charge in [-0.1, -0.05) is 12.8 Å². The minimum atomic E-state index is -0.638. The molecule has 3 heteroatoms. The third kappa shape index (κ3) is 2.72. The van der Waals surface area contributed by atoms with Crippen molar-refractivity contribution in [3.63, 3.8) is 0 Å². The number of hydrogen-bond acceptors (Lipinski definition) is 3. The molecule has 3 nitrogen and oxygen atoms in total. The minimum Gasteiger partial charge on any atom is -0.491 e. The van der Waals surface area contributed by atoms with E-state index in [4.69, 9.17) is 10.5 Å². The monoisotopic (exact) mass is 247 g/mol. The van der Waals surface area contributed by atoms with Crippen LogP contribution in [-0.4, -0.2) is 17.4 Å². The molecule has 1 aliphatic rings. The Morgan fingerprint density at radius 1 is 1.22 bits per heavy atom. The van der Waals surface area contributed by atoms with E-state index in [0.29, 0.717) is 5.56 Å². The molecule has 0 amide bonds. The first-order valence-corrected chi connectivity index (χ1v) is 6.62. The lowest BCUT2D eigenvalue weighted by Crippen LogP contribution is -2.45. The van der Waals surface area contributed by atoms with Gasteiger partial charge in [0.1, 0.15) is 5.75 Å². The Bertz CT molecular complexity index is 417. The summed E-state index contributed by atoms with van der Waals surface area (Å²) in [7, 11) is 0. The summed E-state index contributed by atoms with van der Waals surface area (Å²) in [4.78, 5) is 12.3. The van der Waals surface area contributed by atoms with E-state index >= 15 is 0 Å². The second-order valence-corrected chi connectivity index (χ2v) is 5.38. The predicted octanol–water partition coefficient (Wildman–Crippen LogP) is 2.93. The van der Waals surface area contributed by atoms with Gasteiger partial charge in [-0.05, 0) is 51.0 Å². The molecular formula is C15H21NO2. The lowest BCUT2D eigenvalue weighted by Gasteiger charge is -2.21. The number of hydrogen-bond donors (Lipinski definition) is 1. The molecule has 2 rings (SSSR count). The van der Waals surface area contributed by atoms with Crippen molar-refractivity contribution in [2.75, 3.05) is 0 Å². The number of ether oxygens (including phenoxy) is 1. The molecule has 0 unspecified atom stereocenters. The van der Waals surface area contributed by atoms with Crippen molar-refractivity contribution in [3.05, 3.63) is 29.8 Å². The molecule has 1 saturated carbocycles. The van der Waals surface area contributed by atoms with Crippen LogP contribution in [-0.2, 0) is 0 Å². The highest BCUT2D eigenvalue weighted by atomic mass is 16.5. The van der Waals surface area contributed by atoms with Crippen LogP contribution in [0.5, 0.6) is 5.75 Å². The maximum Gasteiger partial charge on any atom is 0.182 e. The third-order valence-electron chi connectivity index (χ3n) is 3.44. The van der Waals surface area contributed by atoms with Crippen molar-refractivity contribution in [1.29, 1.82) is 0 Å². The fourth-order valence-corrected chi connectivity index (χ4v) is 2.48. The van der Waals surface area contributed by atoms with Crippen LogP contribution in [0.3, 0.4) is 0 Å². The van der Waals surface area contributed by atoms with Gasteiger partial charge in [-0.3, -0.25) is 4.79 Å². The molecule has 1 fully saturated rings. The fraction of sp³-hybridized carbons (Fsp3) is 0.533. The molecule has 0 heterocycles. The summed E-state index contributed by atoms with van der Waals surface area (Å²) in [5.41, 5.74) is 6.22. The van der Waals surface area contributed by atoms with Crippen LogP contribution >= 0.6 is 0 Å². The lowest BCUT2D eigenvalue weighted by molar-refractivity contribution is 0.0892. The Hall–Kier alpha value is -1.35. The minimum absolute atomic E-state index is 0.0658. The smallest absolute Gasteiger partial charge is 0.182 e. The van der Waals surface area contributed by atoms with Gasteiger partial charge in [0.25, 0.3) is 0 Å². The van der Waals surface area contributed by atoms with Crippen molar-refractivity contribution in [1.82, 2.24) is 0 Å². The van der Waals surface area contributed by atoms with Gasteiger partial charge in [-0.15, -0.1) is 0 Å². The van der Waals surface area contributed by atoms with E-state index in [-0.39, 0.29) is 11.9 Å². The van der Waals surface area contributed by atoms with Crippen molar-refractivity contribution < 1.29 is 9.53 Å². The Balaban J connectivity index is 2.12. The summed E-state index contributed by atoms with van der Waals surface area (Å²) in [6.07, 6.45) is 3.85. The summed E-state index contributed by atoms with van der Waals surface area (Å²) in [6.45, 7) is 3.96. The molecule has 0 atom stereocenters. The summed E-state index contributed by atoms with van der Waals surface area (Å²) in [5.74, 6) is 0.857. The number of Topliss-reactive ketones (excluding diaryl/α,β-unsaturated/α-hetero) is 1. The molecule has 0 bridgehead atoms. The Morgan fingerprint density at radius 2 is 1.78 bits per heavy atom. The van der Waals surface area contributed by atoms with Crippen molar-refractivity contribution in [3.8, 4) is 5.75 Å². The van der Waals surface area contributed by atoms with Gasteiger partial charge in [-0.25, -0.2) is 0 Å². The molecule has 0 aliphatic heterocycles. The fourth-order valence-electron chi connectivity index (χ4n) is 2.48. The molecule has 2 N–H and O–H groups in total. The van der Waals surface area contributed by atoms with Gasteiger partial charge in [0.05, 0.1) is 11.6 Å². The van der Waals surface area contributed by atoms with Gasteiger partial charge in [0.15, 0.2) is 5.78 Å². The number of nitrogens with two attached hydrogens (primary N) is 1. The zero-order valence-corrected chi connectivity index (χ0v) is 11.1. The second kappa shape index (κ2) is 5.11. The number of carbonyl (C=O) groups is 1. The van der Waals surface area contributed by atoms with E-state index in [1.807, 2.05) is 38.1 Å². The van der Waals surface area contributed by atoms with E-state index in [1.54, 1.807) is 0 Å². The maximum absolute atomic E-state index is 12.3. The Kier molecular flexibility index (Phi) is 3.71. The standard InChI is InChI=1S/C15H21NO2/c1-11(2)18-13-7-5-12(6-8-13)14(17)15(16)9-3-4-10-15/h5-8,11H,3-4,9-10,16H2,1-2H3. The molecule has 1 aliphatic carbocycles. The third-order valence-corrected chi connectivity index (χ3v) is 3.44. The van der Waals surface area contributed by atoms with Crippen LogP contribution in [0.25, 0.3) is 0 Å². The van der Waals surface area contributed by atoms with E-state index in [0.717, 1.165) is 31.4 Å². The van der Waals surface area contributed by atoms with Gasteiger partial charge < -0.3 is 10.5 Å². The van der Waals surface area contributed by atoms with E-state index < -0.39 is 5.54 Å². The molecule has 98 valence electrons. The van der Waals surface area contributed by atoms with Gasteiger partial charge in [0, 0.05) is 5.56 Å². The largest absolute Gasteiger partial charge is 0.491 e. The van der Waals surface area contributed by atoms with Crippen LogP contribution in [0.4, 0.5) is 0 Å². The predicted molar refractivity (Wildman–Crippen MR) is 71.9 cm³/mol. The molecule has 1 aromatic rings. The average Bonchev–Trinajstić information content (AvgIpc) is 2.77. The first-order valence-electron chi connectivity index (χ1n) is 6.62. The van der Waals surface area contributed by atoms with Crippen LogP contribution in [0.15, 0.2) is 24.3 Å². The average molecular weight is 247 g/mol. The molecule has 1 aromatic carbocycles. The lowest BCUT2D eigenvalue weighted by atomic mass is 9.89. The van der Waals surface area contributed by atoms with Crippen LogP contribution < -0.4 is 10.5 Å². The quantitative estimate of drug-likeness (QED) is 0.832. The Labute approximate surface area is 108 Å². The summed E-state index contributed by atoms with van der Waals surface area (Å²) in [6, 6.07) is 7.30. The Morgan fingerprint density at radius 3 is 2.28 bits per heavy atom.